The summed E-state index contributed by atoms with van der Waals surface area (Å²) in [6.45, 7) is 1.74. The van der Waals surface area contributed by atoms with E-state index in [1.807, 2.05) is 41.8 Å². The van der Waals surface area contributed by atoms with Crippen LogP contribution in [0.4, 0.5) is 10.1 Å². The summed E-state index contributed by atoms with van der Waals surface area (Å²) in [5, 5.41) is 13.4. The number of nitrogens with zero attached hydrogens (tertiary/aromatic N) is 2. The lowest BCUT2D eigenvalue weighted by Gasteiger charge is -2.25. The normalized spacial score (nSPS) is 16.0. The molecule has 5 rings (SSSR count). The Morgan fingerprint density at radius 2 is 1.79 bits per heavy atom. The molecule has 1 aliphatic heterocycles. The maximum Gasteiger partial charge on any atom is 0.294 e. The van der Waals surface area contributed by atoms with Crippen LogP contribution in [0.25, 0.3) is 10.6 Å². The molecular weight excluding hydrogens is 459 g/mol. The van der Waals surface area contributed by atoms with Crippen molar-refractivity contribution in [2.45, 2.75) is 13.0 Å². The van der Waals surface area contributed by atoms with Crippen LogP contribution in [0.1, 0.15) is 26.3 Å². The number of thiazole rings is 1. The fourth-order valence-electron chi connectivity index (χ4n) is 3.85. The minimum absolute atomic E-state index is 0.00173. The monoisotopic (exact) mass is 476 g/mol. The molecule has 2 aromatic heterocycles. The molecule has 2 aromatic carbocycles. The fraction of sp³-hybridized carbons (Fsp3) is 0.0800. The van der Waals surface area contributed by atoms with E-state index in [0.717, 1.165) is 5.56 Å². The largest absolute Gasteiger partial charge is 0.503 e. The van der Waals surface area contributed by atoms with Crippen molar-refractivity contribution in [3.63, 3.8) is 0 Å². The molecule has 0 spiro atoms. The van der Waals surface area contributed by atoms with E-state index in [0.29, 0.717) is 26.1 Å². The molecule has 0 fully saturated rings. The SMILES string of the molecule is Cc1nc(-c2ccccc2)sc1C(=O)C1=C(O)C(=O)N(c2ccc(F)cc2)C1c1cccs1. The van der Waals surface area contributed by atoms with Crippen LogP contribution < -0.4 is 4.90 Å². The highest BCUT2D eigenvalue weighted by molar-refractivity contribution is 7.17. The number of aliphatic hydroxyl groups is 1. The quantitative estimate of drug-likeness (QED) is 0.353. The van der Waals surface area contributed by atoms with E-state index in [-0.39, 0.29) is 5.57 Å². The first-order chi connectivity index (χ1) is 16.0. The van der Waals surface area contributed by atoms with Crippen molar-refractivity contribution in [2.24, 2.45) is 0 Å². The second-order valence-electron chi connectivity index (χ2n) is 7.46. The first-order valence-corrected chi connectivity index (χ1v) is 11.8. The van der Waals surface area contributed by atoms with Crippen LogP contribution in [0.3, 0.4) is 0 Å². The van der Waals surface area contributed by atoms with Crippen LogP contribution in [-0.2, 0) is 4.79 Å². The molecule has 1 aliphatic rings. The minimum Gasteiger partial charge on any atom is -0.503 e. The Bertz CT molecular complexity index is 1380. The summed E-state index contributed by atoms with van der Waals surface area (Å²) in [6, 6.07) is 17.7. The molecule has 0 aliphatic carbocycles. The molecule has 1 amide bonds. The number of aryl methyl sites for hydroxylation is 1. The van der Waals surface area contributed by atoms with Gasteiger partial charge in [-0.25, -0.2) is 9.37 Å². The zero-order chi connectivity index (χ0) is 23.1. The van der Waals surface area contributed by atoms with Crippen LogP contribution >= 0.6 is 22.7 Å². The predicted octanol–water partition coefficient (Wildman–Crippen LogP) is 6.10. The molecule has 0 bridgehead atoms. The number of amides is 1. The average molecular weight is 477 g/mol. The Kier molecular flexibility index (Phi) is 5.39. The Morgan fingerprint density at radius 1 is 1.06 bits per heavy atom. The summed E-state index contributed by atoms with van der Waals surface area (Å²) >= 11 is 2.60. The molecular formula is C25H17FN2O3S2. The summed E-state index contributed by atoms with van der Waals surface area (Å²) in [4.78, 5) is 33.8. The number of hydrogen-bond acceptors (Lipinski definition) is 6. The number of rotatable bonds is 5. The molecule has 33 heavy (non-hydrogen) atoms. The molecule has 0 saturated heterocycles. The van der Waals surface area contributed by atoms with Gasteiger partial charge in [-0.15, -0.1) is 22.7 Å². The van der Waals surface area contributed by atoms with Crippen LogP contribution in [0, 0.1) is 12.7 Å². The Labute approximate surface area is 197 Å². The first-order valence-electron chi connectivity index (χ1n) is 10.1. The summed E-state index contributed by atoms with van der Waals surface area (Å²) in [6.07, 6.45) is 0. The topological polar surface area (TPSA) is 70.5 Å². The second kappa shape index (κ2) is 8.38. The van der Waals surface area contributed by atoms with E-state index < -0.39 is 29.3 Å². The van der Waals surface area contributed by atoms with Gasteiger partial charge in [0.1, 0.15) is 16.9 Å². The van der Waals surface area contributed by atoms with Crippen LogP contribution in [0.5, 0.6) is 0 Å². The molecule has 8 heteroatoms. The lowest BCUT2D eigenvalue weighted by atomic mass is 10.00. The van der Waals surface area contributed by atoms with Gasteiger partial charge in [-0.2, -0.15) is 0 Å². The van der Waals surface area contributed by atoms with E-state index in [4.69, 9.17) is 0 Å². The molecule has 1 atom stereocenters. The van der Waals surface area contributed by atoms with Gasteiger partial charge in [0.15, 0.2) is 5.76 Å². The van der Waals surface area contributed by atoms with Crippen molar-refractivity contribution >= 4 is 40.1 Å². The molecule has 1 N–H and O–H groups in total. The van der Waals surface area contributed by atoms with Crippen LogP contribution in [-0.4, -0.2) is 21.8 Å². The fourth-order valence-corrected chi connectivity index (χ4v) is 5.70. The maximum absolute atomic E-state index is 13.7. The second-order valence-corrected chi connectivity index (χ2v) is 9.44. The van der Waals surface area contributed by atoms with Gasteiger partial charge in [-0.05, 0) is 42.6 Å². The number of carbonyl (C=O) groups excluding carboxylic acids is 2. The van der Waals surface area contributed by atoms with Crippen molar-refractivity contribution in [1.82, 2.24) is 4.98 Å². The van der Waals surface area contributed by atoms with Gasteiger partial charge in [0.2, 0.25) is 5.78 Å². The van der Waals surface area contributed by atoms with Gasteiger partial charge in [0.25, 0.3) is 5.91 Å². The summed E-state index contributed by atoms with van der Waals surface area (Å²) in [5.41, 5.74) is 1.80. The highest BCUT2D eigenvalue weighted by atomic mass is 32.1. The zero-order valence-corrected chi connectivity index (χ0v) is 19.0. The average Bonchev–Trinajstić information content (AvgIpc) is 3.54. The van der Waals surface area contributed by atoms with Gasteiger partial charge in [-0.1, -0.05) is 36.4 Å². The van der Waals surface area contributed by atoms with Crippen LogP contribution in [0.15, 0.2) is 83.4 Å². The third kappa shape index (κ3) is 3.67. The van der Waals surface area contributed by atoms with Gasteiger partial charge < -0.3 is 5.11 Å². The van der Waals surface area contributed by atoms with Crippen molar-refractivity contribution in [3.05, 3.63) is 105 Å². The number of thiophene rings is 1. The summed E-state index contributed by atoms with van der Waals surface area (Å²) < 4.78 is 13.5. The number of carbonyl (C=O) groups is 2. The Morgan fingerprint density at radius 3 is 2.45 bits per heavy atom. The van der Waals surface area contributed by atoms with Gasteiger partial charge in [0.05, 0.1) is 16.1 Å². The van der Waals surface area contributed by atoms with E-state index in [1.165, 1.54) is 51.8 Å². The van der Waals surface area contributed by atoms with E-state index in [9.17, 15) is 19.1 Å². The third-order valence-electron chi connectivity index (χ3n) is 5.39. The maximum atomic E-state index is 13.7. The van der Waals surface area contributed by atoms with Gasteiger partial charge >= 0.3 is 0 Å². The molecule has 5 nitrogen and oxygen atoms in total. The number of Topliss-reactive ketones (excluding diaryl/α,β-unsaturated/α-hetero) is 1. The van der Waals surface area contributed by atoms with Crippen molar-refractivity contribution < 1.29 is 19.1 Å². The molecule has 1 unspecified atom stereocenters. The van der Waals surface area contributed by atoms with E-state index >= 15 is 0 Å². The number of ketones is 1. The standard InChI is InChI=1S/C25H17FN2O3S2/c1-14-23(33-24(27-14)15-6-3-2-4-7-15)21(29)19-20(18-8-5-13-32-18)28(25(31)22(19)30)17-11-9-16(26)10-12-17/h2-13,20,30H,1H3. The molecule has 0 saturated carbocycles. The zero-order valence-electron chi connectivity index (χ0n) is 17.4. The summed E-state index contributed by atoms with van der Waals surface area (Å²) in [5.74, 6) is -2.19. The first kappa shape index (κ1) is 21.2. The number of benzene rings is 2. The molecule has 0 radical (unpaired) electrons. The smallest absolute Gasteiger partial charge is 0.294 e. The lowest BCUT2D eigenvalue weighted by Crippen LogP contribution is -2.30. The Hall–Kier alpha value is -3.62. The molecule has 4 aromatic rings. The Balaban J connectivity index is 1.60. The number of anilines is 1. The van der Waals surface area contributed by atoms with Crippen molar-refractivity contribution in [2.75, 3.05) is 4.90 Å². The molecule has 164 valence electrons. The minimum atomic E-state index is -0.822. The van der Waals surface area contributed by atoms with Crippen molar-refractivity contribution in [3.8, 4) is 10.6 Å². The summed E-state index contributed by atoms with van der Waals surface area (Å²) in [7, 11) is 0. The highest BCUT2D eigenvalue weighted by Crippen LogP contribution is 2.44. The van der Waals surface area contributed by atoms with Crippen molar-refractivity contribution in [1.29, 1.82) is 0 Å². The number of hydrogen-bond donors (Lipinski definition) is 1. The molecule has 3 heterocycles. The van der Waals surface area contributed by atoms with Gasteiger partial charge in [0, 0.05) is 16.1 Å². The van der Waals surface area contributed by atoms with E-state index in [2.05, 4.69) is 4.98 Å². The highest BCUT2D eigenvalue weighted by Gasteiger charge is 2.45. The lowest BCUT2D eigenvalue weighted by molar-refractivity contribution is -0.117. The third-order valence-corrected chi connectivity index (χ3v) is 7.52. The van der Waals surface area contributed by atoms with Crippen LogP contribution in [0.2, 0.25) is 0 Å². The van der Waals surface area contributed by atoms with Gasteiger partial charge in [-0.3, -0.25) is 14.5 Å². The number of aliphatic hydroxyl groups excluding tert-OH is 1. The number of aromatic nitrogens is 1. The van der Waals surface area contributed by atoms with E-state index in [1.54, 1.807) is 13.0 Å². The predicted molar refractivity (Wildman–Crippen MR) is 127 cm³/mol. The number of halogens is 1.